The van der Waals surface area contributed by atoms with E-state index in [2.05, 4.69) is 5.32 Å². The topological polar surface area (TPSA) is 38.0 Å². The van der Waals surface area contributed by atoms with E-state index in [1.807, 2.05) is 31.2 Å². The molecule has 0 saturated heterocycles. The minimum Gasteiger partial charge on any atom is -0.397 e. The summed E-state index contributed by atoms with van der Waals surface area (Å²) in [7, 11) is 0. The van der Waals surface area contributed by atoms with Crippen LogP contribution in [0.3, 0.4) is 0 Å². The summed E-state index contributed by atoms with van der Waals surface area (Å²) in [6, 6.07) is 12.1. The second kappa shape index (κ2) is 4.23. The van der Waals surface area contributed by atoms with Crippen molar-refractivity contribution in [3.05, 3.63) is 53.8 Å². The Morgan fingerprint density at radius 1 is 1.12 bits per heavy atom. The second-order valence-electron chi connectivity index (χ2n) is 3.73. The molecule has 0 aliphatic rings. The van der Waals surface area contributed by atoms with Crippen LogP contribution in [0, 0.1) is 12.7 Å². The van der Waals surface area contributed by atoms with E-state index in [0.717, 1.165) is 11.3 Å². The molecule has 0 radical (unpaired) electrons. The predicted molar refractivity (Wildman–Crippen MR) is 65.3 cm³/mol. The van der Waals surface area contributed by atoms with Gasteiger partial charge in [-0.3, -0.25) is 0 Å². The van der Waals surface area contributed by atoms with Gasteiger partial charge in [-0.15, -0.1) is 0 Å². The van der Waals surface area contributed by atoms with E-state index >= 15 is 0 Å². The fourth-order valence-corrected chi connectivity index (χ4v) is 1.52. The Morgan fingerprint density at radius 2 is 1.94 bits per heavy atom. The van der Waals surface area contributed by atoms with Crippen LogP contribution in [0.5, 0.6) is 0 Å². The average molecular weight is 216 g/mol. The monoisotopic (exact) mass is 216 g/mol. The maximum Gasteiger partial charge on any atom is 0.125 e. The van der Waals surface area contributed by atoms with E-state index < -0.39 is 0 Å². The molecule has 0 saturated carbocycles. The lowest BCUT2D eigenvalue weighted by Gasteiger charge is -2.09. The largest absolute Gasteiger partial charge is 0.397 e. The molecule has 16 heavy (non-hydrogen) atoms. The van der Waals surface area contributed by atoms with E-state index in [9.17, 15) is 4.39 Å². The molecule has 0 bridgehead atoms. The molecule has 2 nitrogen and oxygen atoms in total. The van der Waals surface area contributed by atoms with Gasteiger partial charge in [0.1, 0.15) is 5.82 Å². The highest BCUT2D eigenvalue weighted by Gasteiger charge is 2.01. The van der Waals surface area contributed by atoms with Crippen molar-refractivity contribution in [3.8, 4) is 0 Å². The summed E-state index contributed by atoms with van der Waals surface area (Å²) < 4.78 is 13.0. The van der Waals surface area contributed by atoms with E-state index in [-0.39, 0.29) is 5.82 Å². The molecule has 82 valence electrons. The van der Waals surface area contributed by atoms with Crippen molar-refractivity contribution in [2.24, 2.45) is 0 Å². The van der Waals surface area contributed by atoms with Gasteiger partial charge in [0.15, 0.2) is 0 Å². The van der Waals surface area contributed by atoms with Crippen molar-refractivity contribution in [2.45, 2.75) is 6.92 Å². The Kier molecular flexibility index (Phi) is 2.77. The number of hydrogen-bond donors (Lipinski definition) is 2. The maximum atomic E-state index is 13.0. The number of nitrogen functional groups attached to an aromatic ring is 1. The van der Waals surface area contributed by atoms with Gasteiger partial charge in [0.05, 0.1) is 11.4 Å². The molecule has 0 spiro atoms. The van der Waals surface area contributed by atoms with Crippen LogP contribution in [0.25, 0.3) is 0 Å². The van der Waals surface area contributed by atoms with Crippen molar-refractivity contribution in [1.29, 1.82) is 0 Å². The van der Waals surface area contributed by atoms with Gasteiger partial charge < -0.3 is 11.1 Å². The smallest absolute Gasteiger partial charge is 0.125 e. The predicted octanol–water partition coefficient (Wildman–Crippen LogP) is 3.46. The summed E-state index contributed by atoms with van der Waals surface area (Å²) in [5, 5.41) is 3.09. The normalized spacial score (nSPS) is 10.1. The molecule has 3 N–H and O–H groups in total. The molecule has 0 heterocycles. The van der Waals surface area contributed by atoms with Crippen LogP contribution in [-0.4, -0.2) is 0 Å². The molecule has 0 atom stereocenters. The van der Waals surface area contributed by atoms with Crippen molar-refractivity contribution in [3.63, 3.8) is 0 Å². The number of aryl methyl sites for hydroxylation is 1. The first kappa shape index (κ1) is 10.5. The van der Waals surface area contributed by atoms with Gasteiger partial charge in [-0.25, -0.2) is 4.39 Å². The summed E-state index contributed by atoms with van der Waals surface area (Å²) in [4.78, 5) is 0. The zero-order valence-electron chi connectivity index (χ0n) is 9.00. The lowest BCUT2D eigenvalue weighted by molar-refractivity contribution is 0.628. The van der Waals surface area contributed by atoms with Crippen LogP contribution >= 0.6 is 0 Å². The Hall–Kier alpha value is -2.03. The summed E-state index contributed by atoms with van der Waals surface area (Å²) in [6.07, 6.45) is 0. The van der Waals surface area contributed by atoms with Gasteiger partial charge in [-0.1, -0.05) is 12.1 Å². The molecule has 0 fully saturated rings. The highest BCUT2D eigenvalue weighted by Crippen LogP contribution is 2.24. The Balaban J connectivity index is 2.30. The Morgan fingerprint density at radius 3 is 2.69 bits per heavy atom. The van der Waals surface area contributed by atoms with Crippen LogP contribution in [0.2, 0.25) is 0 Å². The molecule has 0 aliphatic heterocycles. The third-order valence-electron chi connectivity index (χ3n) is 2.31. The van der Waals surface area contributed by atoms with E-state index in [0.29, 0.717) is 11.4 Å². The Bertz CT molecular complexity index is 509. The van der Waals surface area contributed by atoms with Gasteiger partial charge in [0, 0.05) is 5.69 Å². The summed E-state index contributed by atoms with van der Waals surface area (Å²) in [5.41, 5.74) is 8.90. The SMILES string of the molecule is Cc1cccc(Nc2cc(F)ccc2N)c1. The maximum absolute atomic E-state index is 13.0. The van der Waals surface area contributed by atoms with Crippen LogP contribution in [0.1, 0.15) is 5.56 Å². The number of halogens is 1. The van der Waals surface area contributed by atoms with E-state index in [1.54, 1.807) is 6.07 Å². The molecule has 0 aromatic heterocycles. The highest BCUT2D eigenvalue weighted by atomic mass is 19.1. The molecular weight excluding hydrogens is 203 g/mol. The highest BCUT2D eigenvalue weighted by molar-refractivity contribution is 5.72. The number of rotatable bonds is 2. The van der Waals surface area contributed by atoms with E-state index in [1.165, 1.54) is 12.1 Å². The van der Waals surface area contributed by atoms with Gasteiger partial charge in [0.2, 0.25) is 0 Å². The number of hydrogen-bond acceptors (Lipinski definition) is 2. The second-order valence-corrected chi connectivity index (χ2v) is 3.73. The number of nitrogens with one attached hydrogen (secondary N) is 1. The average Bonchev–Trinajstić information content (AvgIpc) is 2.24. The third kappa shape index (κ3) is 2.31. The van der Waals surface area contributed by atoms with Gasteiger partial charge >= 0.3 is 0 Å². The van der Waals surface area contributed by atoms with Gasteiger partial charge in [0.25, 0.3) is 0 Å². The molecule has 2 aromatic carbocycles. The van der Waals surface area contributed by atoms with Crippen LogP contribution in [0.15, 0.2) is 42.5 Å². The van der Waals surface area contributed by atoms with Crippen LogP contribution < -0.4 is 11.1 Å². The lowest BCUT2D eigenvalue weighted by Crippen LogP contribution is -1.97. The zero-order chi connectivity index (χ0) is 11.5. The first-order valence-corrected chi connectivity index (χ1v) is 5.04. The third-order valence-corrected chi connectivity index (χ3v) is 2.31. The fraction of sp³-hybridized carbons (Fsp3) is 0.0769. The van der Waals surface area contributed by atoms with Crippen molar-refractivity contribution in [2.75, 3.05) is 11.1 Å². The Labute approximate surface area is 93.9 Å². The summed E-state index contributed by atoms with van der Waals surface area (Å²) in [5.74, 6) is -0.302. The van der Waals surface area contributed by atoms with E-state index in [4.69, 9.17) is 5.73 Å². The van der Waals surface area contributed by atoms with Crippen LogP contribution in [-0.2, 0) is 0 Å². The first-order valence-electron chi connectivity index (χ1n) is 5.04. The fourth-order valence-electron chi connectivity index (χ4n) is 1.52. The van der Waals surface area contributed by atoms with Gasteiger partial charge in [-0.05, 0) is 42.8 Å². The van der Waals surface area contributed by atoms with Crippen molar-refractivity contribution in [1.82, 2.24) is 0 Å². The zero-order valence-corrected chi connectivity index (χ0v) is 9.00. The molecular formula is C13H13FN2. The first-order chi connectivity index (χ1) is 7.65. The molecule has 0 aliphatic carbocycles. The molecule has 2 aromatic rings. The molecule has 2 rings (SSSR count). The number of nitrogens with two attached hydrogens (primary N) is 1. The minimum atomic E-state index is -0.302. The van der Waals surface area contributed by atoms with Crippen molar-refractivity contribution < 1.29 is 4.39 Å². The van der Waals surface area contributed by atoms with Crippen molar-refractivity contribution >= 4 is 17.1 Å². The molecule has 0 amide bonds. The lowest BCUT2D eigenvalue weighted by atomic mass is 10.2. The standard InChI is InChI=1S/C13H13FN2/c1-9-3-2-4-11(7-9)16-13-8-10(14)5-6-12(13)15/h2-8,16H,15H2,1H3. The molecule has 3 heteroatoms. The van der Waals surface area contributed by atoms with Crippen LogP contribution in [0.4, 0.5) is 21.5 Å². The number of anilines is 3. The minimum absolute atomic E-state index is 0.302. The molecule has 0 unspecified atom stereocenters. The summed E-state index contributed by atoms with van der Waals surface area (Å²) in [6.45, 7) is 2.00. The number of benzene rings is 2. The van der Waals surface area contributed by atoms with Gasteiger partial charge in [-0.2, -0.15) is 0 Å². The summed E-state index contributed by atoms with van der Waals surface area (Å²) >= 11 is 0. The quantitative estimate of drug-likeness (QED) is 0.754.